The lowest BCUT2D eigenvalue weighted by Crippen LogP contribution is -2.05. The summed E-state index contributed by atoms with van der Waals surface area (Å²) in [5.74, 6) is 0.738. The zero-order valence-electron chi connectivity index (χ0n) is 7.81. The standard InChI is InChI=1S/C12H12O2/c13-7-5-10-8-3-1-2-4-9(8)12(14)11(10)6-7/h1-4,10-12,14H,5-6H2/t10-,11-,12+/m1/s1. The van der Waals surface area contributed by atoms with Crippen molar-refractivity contribution in [3.63, 3.8) is 0 Å². The third kappa shape index (κ3) is 0.919. The fourth-order valence-corrected chi connectivity index (χ4v) is 2.91. The van der Waals surface area contributed by atoms with Crippen molar-refractivity contribution in [2.45, 2.75) is 24.9 Å². The van der Waals surface area contributed by atoms with Crippen molar-refractivity contribution >= 4 is 5.78 Å². The van der Waals surface area contributed by atoms with Crippen LogP contribution in [0.1, 0.15) is 36.0 Å². The molecule has 3 rings (SSSR count). The van der Waals surface area contributed by atoms with Gasteiger partial charge in [0.25, 0.3) is 0 Å². The van der Waals surface area contributed by atoms with Crippen LogP contribution in [0.25, 0.3) is 0 Å². The first-order valence-corrected chi connectivity index (χ1v) is 5.06. The fraction of sp³-hybridized carbons (Fsp3) is 0.417. The van der Waals surface area contributed by atoms with Crippen LogP contribution in [0.2, 0.25) is 0 Å². The lowest BCUT2D eigenvalue weighted by atomic mass is 9.96. The monoisotopic (exact) mass is 188 g/mol. The highest BCUT2D eigenvalue weighted by molar-refractivity contribution is 5.83. The molecule has 2 aliphatic carbocycles. The summed E-state index contributed by atoms with van der Waals surface area (Å²) in [5, 5.41) is 10.0. The van der Waals surface area contributed by atoms with Gasteiger partial charge in [0, 0.05) is 18.8 Å². The third-order valence-electron chi connectivity index (χ3n) is 3.55. The second kappa shape index (κ2) is 2.67. The SMILES string of the molecule is O=C1C[C@@H]2[C@H](C1)c1ccccc1[C@@H]2O. The van der Waals surface area contributed by atoms with Crippen LogP contribution in [0.3, 0.4) is 0 Å². The summed E-state index contributed by atoms with van der Waals surface area (Å²) in [6.45, 7) is 0. The molecule has 1 N–H and O–H groups in total. The molecular weight excluding hydrogens is 176 g/mol. The molecule has 1 saturated carbocycles. The van der Waals surface area contributed by atoms with Crippen molar-refractivity contribution in [3.8, 4) is 0 Å². The van der Waals surface area contributed by atoms with Crippen molar-refractivity contribution in [3.05, 3.63) is 35.4 Å². The number of hydrogen-bond donors (Lipinski definition) is 1. The van der Waals surface area contributed by atoms with Gasteiger partial charge in [0.15, 0.2) is 0 Å². The highest BCUT2D eigenvalue weighted by Gasteiger charge is 2.45. The molecule has 0 saturated heterocycles. The summed E-state index contributed by atoms with van der Waals surface area (Å²) in [6.07, 6.45) is 0.766. The van der Waals surface area contributed by atoms with Gasteiger partial charge in [-0.15, -0.1) is 0 Å². The summed E-state index contributed by atoms with van der Waals surface area (Å²) in [7, 11) is 0. The van der Waals surface area contributed by atoms with Gasteiger partial charge in [0.1, 0.15) is 5.78 Å². The van der Waals surface area contributed by atoms with Gasteiger partial charge in [-0.3, -0.25) is 4.79 Å². The van der Waals surface area contributed by atoms with Gasteiger partial charge in [0.05, 0.1) is 6.10 Å². The Kier molecular flexibility index (Phi) is 1.56. The van der Waals surface area contributed by atoms with Crippen molar-refractivity contribution in [2.24, 2.45) is 5.92 Å². The Morgan fingerprint density at radius 2 is 1.86 bits per heavy atom. The fourth-order valence-electron chi connectivity index (χ4n) is 2.91. The highest BCUT2D eigenvalue weighted by atomic mass is 16.3. The number of Topliss-reactive ketones (excluding diaryl/α,β-unsaturated/α-hetero) is 1. The summed E-state index contributed by atoms with van der Waals surface area (Å²) in [5.41, 5.74) is 2.23. The molecule has 2 nitrogen and oxygen atoms in total. The average Bonchev–Trinajstić information content (AvgIpc) is 2.68. The van der Waals surface area contributed by atoms with E-state index in [4.69, 9.17) is 0 Å². The number of rotatable bonds is 0. The number of carbonyl (C=O) groups is 1. The van der Waals surface area contributed by atoms with Gasteiger partial charge in [-0.05, 0) is 17.0 Å². The van der Waals surface area contributed by atoms with Crippen molar-refractivity contribution in [1.29, 1.82) is 0 Å². The van der Waals surface area contributed by atoms with E-state index >= 15 is 0 Å². The first-order chi connectivity index (χ1) is 6.77. The average molecular weight is 188 g/mol. The minimum Gasteiger partial charge on any atom is -0.388 e. The molecule has 0 unspecified atom stereocenters. The Bertz CT molecular complexity index is 397. The molecule has 0 spiro atoms. The summed E-state index contributed by atoms with van der Waals surface area (Å²) < 4.78 is 0. The van der Waals surface area contributed by atoms with Gasteiger partial charge in [-0.25, -0.2) is 0 Å². The quantitative estimate of drug-likeness (QED) is 0.674. The minimum absolute atomic E-state index is 0.153. The van der Waals surface area contributed by atoms with Crippen LogP contribution in [-0.2, 0) is 4.79 Å². The maximum Gasteiger partial charge on any atom is 0.133 e. The maximum atomic E-state index is 11.3. The van der Waals surface area contributed by atoms with Gasteiger partial charge >= 0.3 is 0 Å². The van der Waals surface area contributed by atoms with E-state index in [1.165, 1.54) is 5.56 Å². The van der Waals surface area contributed by atoms with Crippen LogP contribution in [0.5, 0.6) is 0 Å². The Hall–Kier alpha value is -1.15. The van der Waals surface area contributed by atoms with E-state index in [2.05, 4.69) is 0 Å². The normalized spacial score (nSPS) is 34.4. The molecule has 2 heteroatoms. The predicted octanol–water partition coefficient (Wildman–Crippen LogP) is 1.80. The number of ketones is 1. The van der Waals surface area contributed by atoms with E-state index in [-0.39, 0.29) is 11.8 Å². The van der Waals surface area contributed by atoms with E-state index in [1.54, 1.807) is 0 Å². The van der Waals surface area contributed by atoms with Crippen molar-refractivity contribution in [2.75, 3.05) is 0 Å². The second-order valence-corrected chi connectivity index (χ2v) is 4.29. The van der Waals surface area contributed by atoms with Gasteiger partial charge < -0.3 is 5.11 Å². The van der Waals surface area contributed by atoms with Crippen LogP contribution in [0, 0.1) is 5.92 Å². The van der Waals surface area contributed by atoms with Crippen LogP contribution >= 0.6 is 0 Å². The number of aliphatic hydroxyl groups is 1. The molecule has 1 fully saturated rings. The molecule has 0 bridgehead atoms. The first-order valence-electron chi connectivity index (χ1n) is 5.06. The number of fused-ring (bicyclic) bond motifs is 3. The second-order valence-electron chi connectivity index (χ2n) is 4.29. The van der Waals surface area contributed by atoms with E-state index < -0.39 is 6.10 Å². The van der Waals surface area contributed by atoms with Gasteiger partial charge in [-0.2, -0.15) is 0 Å². The van der Waals surface area contributed by atoms with E-state index in [0.29, 0.717) is 18.6 Å². The minimum atomic E-state index is -0.414. The van der Waals surface area contributed by atoms with E-state index in [9.17, 15) is 9.90 Å². The number of aliphatic hydroxyl groups excluding tert-OH is 1. The molecule has 72 valence electrons. The largest absolute Gasteiger partial charge is 0.388 e. The van der Waals surface area contributed by atoms with Crippen LogP contribution in [0.15, 0.2) is 24.3 Å². The molecule has 0 radical (unpaired) electrons. The van der Waals surface area contributed by atoms with Crippen LogP contribution < -0.4 is 0 Å². The van der Waals surface area contributed by atoms with Crippen LogP contribution in [0.4, 0.5) is 0 Å². The molecule has 1 aromatic carbocycles. The van der Waals surface area contributed by atoms with Gasteiger partial charge in [0.2, 0.25) is 0 Å². The third-order valence-corrected chi connectivity index (χ3v) is 3.55. The summed E-state index contributed by atoms with van der Waals surface area (Å²) >= 11 is 0. The topological polar surface area (TPSA) is 37.3 Å². The summed E-state index contributed by atoms with van der Waals surface area (Å²) in [6, 6.07) is 7.95. The molecule has 2 aliphatic rings. The molecule has 1 aromatic rings. The maximum absolute atomic E-state index is 11.3. The van der Waals surface area contributed by atoms with Crippen LogP contribution in [-0.4, -0.2) is 10.9 Å². The number of carbonyl (C=O) groups excluding carboxylic acids is 1. The molecule has 14 heavy (non-hydrogen) atoms. The molecule has 3 atom stereocenters. The molecule has 0 aliphatic heterocycles. The zero-order valence-corrected chi connectivity index (χ0v) is 7.81. The predicted molar refractivity (Wildman–Crippen MR) is 51.9 cm³/mol. The lowest BCUT2D eigenvalue weighted by molar-refractivity contribution is -0.118. The summed E-state index contributed by atoms with van der Waals surface area (Å²) in [4.78, 5) is 11.3. The Morgan fingerprint density at radius 1 is 1.14 bits per heavy atom. The molecular formula is C12H12O2. The Morgan fingerprint density at radius 3 is 2.64 bits per heavy atom. The van der Waals surface area contributed by atoms with Gasteiger partial charge in [-0.1, -0.05) is 24.3 Å². The smallest absolute Gasteiger partial charge is 0.133 e. The van der Waals surface area contributed by atoms with E-state index in [0.717, 1.165) is 5.56 Å². The molecule has 0 aromatic heterocycles. The molecule has 0 heterocycles. The van der Waals surface area contributed by atoms with E-state index in [1.807, 2.05) is 24.3 Å². The Balaban J connectivity index is 2.11. The highest BCUT2D eigenvalue weighted by Crippen LogP contribution is 2.52. The van der Waals surface area contributed by atoms with Crippen molar-refractivity contribution in [1.82, 2.24) is 0 Å². The first kappa shape index (κ1) is 8.18. The molecule has 0 amide bonds. The number of hydrogen-bond acceptors (Lipinski definition) is 2. The number of benzene rings is 1. The zero-order chi connectivity index (χ0) is 9.71. The lowest BCUT2D eigenvalue weighted by Gasteiger charge is -2.11. The van der Waals surface area contributed by atoms with Crippen molar-refractivity contribution < 1.29 is 9.90 Å². The Labute approximate surface area is 82.6 Å².